The second-order valence-electron chi connectivity index (χ2n) is 4.58. The van der Waals surface area contributed by atoms with Gasteiger partial charge in [-0.05, 0) is 31.0 Å². The van der Waals surface area contributed by atoms with E-state index in [1.54, 1.807) is 0 Å². The van der Waals surface area contributed by atoms with Crippen molar-refractivity contribution in [3.8, 4) is 0 Å². The van der Waals surface area contributed by atoms with E-state index in [9.17, 15) is 13.2 Å². The van der Waals surface area contributed by atoms with E-state index in [0.717, 1.165) is 12.8 Å². The number of hydrogen-bond donors (Lipinski definition) is 2. The van der Waals surface area contributed by atoms with Crippen molar-refractivity contribution in [3.05, 3.63) is 28.8 Å². The summed E-state index contributed by atoms with van der Waals surface area (Å²) in [5, 5.41) is 7.83. The zero-order valence-electron chi connectivity index (χ0n) is 10.6. The lowest BCUT2D eigenvalue weighted by atomic mass is 10.1. The van der Waals surface area contributed by atoms with Crippen molar-refractivity contribution in [2.45, 2.75) is 23.8 Å². The second kappa shape index (κ2) is 6.09. The Bertz CT molecular complexity index is 612. The molecule has 8 heteroatoms. The van der Waals surface area contributed by atoms with Crippen LogP contribution in [-0.2, 0) is 14.8 Å². The average molecular weight is 319 g/mol. The highest BCUT2D eigenvalue weighted by Crippen LogP contribution is 2.21. The minimum Gasteiger partial charge on any atom is -0.379 e. The fourth-order valence-corrected chi connectivity index (χ4v) is 3.06. The van der Waals surface area contributed by atoms with Crippen molar-refractivity contribution in [1.29, 1.82) is 0 Å². The van der Waals surface area contributed by atoms with Crippen molar-refractivity contribution in [1.82, 2.24) is 5.32 Å². The number of nitrogens with one attached hydrogen (secondary N) is 1. The Balaban J connectivity index is 2.18. The summed E-state index contributed by atoms with van der Waals surface area (Å²) in [6.45, 7) is 1.16. The molecule has 0 saturated carbocycles. The Morgan fingerprint density at radius 3 is 2.80 bits per heavy atom. The van der Waals surface area contributed by atoms with Crippen molar-refractivity contribution in [2.75, 3.05) is 13.2 Å². The normalized spacial score (nSPS) is 19.6. The van der Waals surface area contributed by atoms with E-state index < -0.39 is 10.0 Å². The lowest BCUT2D eigenvalue weighted by molar-refractivity contribution is 0.0624. The zero-order chi connectivity index (χ0) is 14.8. The molecule has 1 atom stereocenters. The number of benzene rings is 1. The molecule has 0 spiro atoms. The summed E-state index contributed by atoms with van der Waals surface area (Å²) >= 11 is 5.77. The number of sulfonamides is 1. The van der Waals surface area contributed by atoms with Gasteiger partial charge in [-0.25, -0.2) is 13.6 Å². The highest BCUT2D eigenvalue weighted by Gasteiger charge is 2.20. The van der Waals surface area contributed by atoms with Crippen molar-refractivity contribution in [2.24, 2.45) is 5.14 Å². The number of amides is 1. The van der Waals surface area contributed by atoms with Gasteiger partial charge in [-0.2, -0.15) is 0 Å². The van der Waals surface area contributed by atoms with E-state index in [-0.39, 0.29) is 27.4 Å². The number of rotatable bonds is 3. The van der Waals surface area contributed by atoms with Crippen LogP contribution in [0, 0.1) is 0 Å². The maximum atomic E-state index is 12.1. The van der Waals surface area contributed by atoms with Gasteiger partial charge in [-0.1, -0.05) is 11.6 Å². The molecule has 1 aliphatic rings. The molecule has 1 aliphatic heterocycles. The fourth-order valence-electron chi connectivity index (χ4n) is 1.99. The molecule has 110 valence electrons. The summed E-state index contributed by atoms with van der Waals surface area (Å²) in [7, 11) is -3.96. The Labute approximate surface area is 122 Å². The van der Waals surface area contributed by atoms with Gasteiger partial charge in [0.25, 0.3) is 5.91 Å². The lowest BCUT2D eigenvalue weighted by Crippen LogP contribution is -2.40. The molecule has 3 N–H and O–H groups in total. The number of halogens is 1. The van der Waals surface area contributed by atoms with Crippen LogP contribution >= 0.6 is 11.6 Å². The highest BCUT2D eigenvalue weighted by atomic mass is 35.5. The minimum atomic E-state index is -3.96. The maximum absolute atomic E-state index is 12.1. The summed E-state index contributed by atoms with van der Waals surface area (Å²) < 4.78 is 28.0. The Morgan fingerprint density at radius 1 is 1.45 bits per heavy atom. The monoisotopic (exact) mass is 318 g/mol. The third-order valence-electron chi connectivity index (χ3n) is 3.00. The van der Waals surface area contributed by atoms with Crippen LogP contribution in [0.1, 0.15) is 23.2 Å². The standard InChI is InChI=1S/C12H15ClN2O4S/c13-10-4-3-8(6-11(10)20(14,17)18)12(16)15-9-2-1-5-19-7-9/h3-4,6,9H,1-2,5,7H2,(H,15,16)(H2,14,17,18). The summed E-state index contributed by atoms with van der Waals surface area (Å²) in [6, 6.07) is 3.91. The number of carbonyl (C=O) groups is 1. The molecule has 1 saturated heterocycles. The molecular formula is C12H15ClN2O4S. The van der Waals surface area contributed by atoms with E-state index >= 15 is 0 Å². The van der Waals surface area contributed by atoms with Crippen LogP contribution in [-0.4, -0.2) is 33.6 Å². The van der Waals surface area contributed by atoms with Crippen LogP contribution in [0.3, 0.4) is 0 Å². The van der Waals surface area contributed by atoms with Crippen molar-refractivity contribution in [3.63, 3.8) is 0 Å². The predicted molar refractivity (Wildman–Crippen MR) is 74.1 cm³/mol. The van der Waals surface area contributed by atoms with Gasteiger partial charge < -0.3 is 10.1 Å². The molecule has 0 radical (unpaired) electrons. The van der Waals surface area contributed by atoms with Gasteiger partial charge in [0.15, 0.2) is 0 Å². The van der Waals surface area contributed by atoms with Gasteiger partial charge in [0.2, 0.25) is 10.0 Å². The fraction of sp³-hybridized carbons (Fsp3) is 0.417. The van der Waals surface area contributed by atoms with E-state index in [4.69, 9.17) is 21.5 Å². The molecule has 0 aromatic heterocycles. The van der Waals surface area contributed by atoms with Crippen molar-refractivity contribution >= 4 is 27.5 Å². The SMILES string of the molecule is NS(=O)(=O)c1cc(C(=O)NC2CCCOC2)ccc1Cl. The molecule has 0 bridgehead atoms. The predicted octanol–water partition coefficient (Wildman–Crippen LogP) is 0.896. The first kappa shape index (κ1) is 15.2. The Kier molecular flexibility index (Phi) is 4.64. The van der Waals surface area contributed by atoms with Crippen LogP contribution in [0.15, 0.2) is 23.1 Å². The number of carbonyl (C=O) groups excluding carboxylic acids is 1. The van der Waals surface area contributed by atoms with Crippen LogP contribution < -0.4 is 10.5 Å². The molecule has 1 aromatic carbocycles. The second-order valence-corrected chi connectivity index (χ2v) is 6.51. The number of hydrogen-bond acceptors (Lipinski definition) is 4. The molecule has 1 unspecified atom stereocenters. The summed E-state index contributed by atoms with van der Waals surface area (Å²) in [5.41, 5.74) is 0.198. The summed E-state index contributed by atoms with van der Waals surface area (Å²) in [5.74, 6) is -0.373. The van der Waals surface area contributed by atoms with Crippen LogP contribution in [0.2, 0.25) is 5.02 Å². The largest absolute Gasteiger partial charge is 0.379 e. The molecule has 6 nitrogen and oxygen atoms in total. The molecule has 0 aliphatic carbocycles. The van der Waals surface area contributed by atoms with E-state index in [1.165, 1.54) is 18.2 Å². The molecular weight excluding hydrogens is 304 g/mol. The number of ether oxygens (including phenoxy) is 1. The van der Waals surface area contributed by atoms with Gasteiger partial charge >= 0.3 is 0 Å². The highest BCUT2D eigenvalue weighted by molar-refractivity contribution is 7.89. The molecule has 2 rings (SSSR count). The third-order valence-corrected chi connectivity index (χ3v) is 4.39. The Hall–Kier alpha value is -1.15. The van der Waals surface area contributed by atoms with E-state index in [2.05, 4.69) is 5.32 Å². The van der Waals surface area contributed by atoms with Gasteiger partial charge in [-0.15, -0.1) is 0 Å². The maximum Gasteiger partial charge on any atom is 0.251 e. The van der Waals surface area contributed by atoms with Crippen molar-refractivity contribution < 1.29 is 17.9 Å². The molecule has 20 heavy (non-hydrogen) atoms. The minimum absolute atomic E-state index is 0.00921. The van der Waals surface area contributed by atoms with E-state index in [0.29, 0.717) is 13.2 Å². The first-order valence-corrected chi connectivity index (χ1v) is 8.01. The topological polar surface area (TPSA) is 98.5 Å². The molecule has 1 amide bonds. The first-order chi connectivity index (χ1) is 9.38. The van der Waals surface area contributed by atoms with Gasteiger partial charge in [0.05, 0.1) is 17.7 Å². The quantitative estimate of drug-likeness (QED) is 0.865. The van der Waals surface area contributed by atoms with Gasteiger partial charge in [0.1, 0.15) is 4.90 Å². The average Bonchev–Trinajstić information content (AvgIpc) is 2.39. The smallest absolute Gasteiger partial charge is 0.251 e. The zero-order valence-corrected chi connectivity index (χ0v) is 12.2. The summed E-state index contributed by atoms with van der Waals surface area (Å²) in [6.07, 6.45) is 1.72. The van der Waals surface area contributed by atoms with Crippen LogP contribution in [0.5, 0.6) is 0 Å². The van der Waals surface area contributed by atoms with Crippen LogP contribution in [0.25, 0.3) is 0 Å². The first-order valence-electron chi connectivity index (χ1n) is 6.09. The third kappa shape index (κ3) is 3.69. The summed E-state index contributed by atoms with van der Waals surface area (Å²) in [4.78, 5) is 11.8. The molecule has 1 aromatic rings. The van der Waals surface area contributed by atoms with Crippen LogP contribution in [0.4, 0.5) is 0 Å². The lowest BCUT2D eigenvalue weighted by Gasteiger charge is -2.23. The van der Waals surface area contributed by atoms with E-state index in [1.807, 2.05) is 0 Å². The molecule has 1 fully saturated rings. The molecule has 1 heterocycles. The number of nitrogens with two attached hydrogens (primary N) is 1. The Morgan fingerprint density at radius 2 is 2.20 bits per heavy atom. The van der Waals surface area contributed by atoms with Gasteiger partial charge in [-0.3, -0.25) is 4.79 Å². The number of primary sulfonamides is 1. The van der Waals surface area contributed by atoms with Gasteiger partial charge in [0, 0.05) is 12.2 Å².